The van der Waals surface area contributed by atoms with E-state index >= 15 is 0 Å². The first-order valence-corrected chi connectivity index (χ1v) is 6.60. The Hall–Kier alpha value is -1.13. The van der Waals surface area contributed by atoms with Crippen molar-refractivity contribution in [1.29, 1.82) is 0 Å². The molecule has 1 N–H and O–H groups in total. The van der Waals surface area contributed by atoms with Crippen molar-refractivity contribution < 1.29 is 4.74 Å². The molecule has 1 aromatic heterocycles. The minimum Gasteiger partial charge on any atom is -0.383 e. The molecule has 0 atom stereocenters. The Kier molecular flexibility index (Phi) is 6.68. The Morgan fingerprint density at radius 1 is 1.44 bits per heavy atom. The quantitative estimate of drug-likeness (QED) is 0.767. The second kappa shape index (κ2) is 8.06. The molecular formula is C14H25N3O. The summed E-state index contributed by atoms with van der Waals surface area (Å²) < 4.78 is 5.18. The Balaban J connectivity index is 2.88. The van der Waals surface area contributed by atoms with E-state index in [2.05, 4.69) is 42.0 Å². The van der Waals surface area contributed by atoms with Gasteiger partial charge in [0.1, 0.15) is 5.82 Å². The molecule has 1 rings (SSSR count). The average molecular weight is 251 g/mol. The lowest BCUT2D eigenvalue weighted by Crippen LogP contribution is -2.35. The van der Waals surface area contributed by atoms with Crippen LogP contribution in [0.5, 0.6) is 0 Å². The van der Waals surface area contributed by atoms with Crippen molar-refractivity contribution in [2.45, 2.75) is 33.4 Å². The van der Waals surface area contributed by atoms with Gasteiger partial charge in [-0.05, 0) is 26.5 Å². The molecular weight excluding hydrogens is 226 g/mol. The molecule has 18 heavy (non-hydrogen) atoms. The molecule has 0 fully saturated rings. The third-order valence-corrected chi connectivity index (χ3v) is 2.86. The van der Waals surface area contributed by atoms with Crippen LogP contribution < -0.4 is 10.2 Å². The van der Waals surface area contributed by atoms with Crippen LogP contribution in [-0.2, 0) is 11.3 Å². The van der Waals surface area contributed by atoms with Gasteiger partial charge in [0.25, 0.3) is 0 Å². The number of aromatic nitrogens is 1. The Morgan fingerprint density at radius 2 is 2.22 bits per heavy atom. The smallest absolute Gasteiger partial charge is 0.133 e. The van der Waals surface area contributed by atoms with Crippen LogP contribution in [0.25, 0.3) is 0 Å². The maximum absolute atomic E-state index is 5.18. The van der Waals surface area contributed by atoms with E-state index in [9.17, 15) is 0 Å². The van der Waals surface area contributed by atoms with Crippen LogP contribution in [0.2, 0.25) is 0 Å². The maximum atomic E-state index is 5.18. The zero-order valence-corrected chi connectivity index (χ0v) is 11.9. The van der Waals surface area contributed by atoms with Crippen molar-refractivity contribution in [3.63, 3.8) is 0 Å². The van der Waals surface area contributed by atoms with Crippen LogP contribution in [0.1, 0.15) is 26.3 Å². The van der Waals surface area contributed by atoms with Crippen LogP contribution in [0.4, 0.5) is 5.82 Å². The van der Waals surface area contributed by atoms with Crippen molar-refractivity contribution in [3.8, 4) is 0 Å². The van der Waals surface area contributed by atoms with Gasteiger partial charge in [-0.2, -0.15) is 0 Å². The molecule has 102 valence electrons. The first-order valence-electron chi connectivity index (χ1n) is 6.60. The number of pyridine rings is 1. The number of ether oxygens (including phenoxy) is 1. The monoisotopic (exact) mass is 251 g/mol. The van der Waals surface area contributed by atoms with E-state index in [1.165, 1.54) is 5.56 Å². The molecule has 1 aromatic rings. The second-order valence-electron chi connectivity index (χ2n) is 4.55. The van der Waals surface area contributed by atoms with Gasteiger partial charge in [-0.15, -0.1) is 0 Å². The minimum absolute atomic E-state index is 0.412. The summed E-state index contributed by atoms with van der Waals surface area (Å²) in [4.78, 5) is 6.82. The molecule has 0 bridgehead atoms. The molecule has 0 saturated heterocycles. The van der Waals surface area contributed by atoms with E-state index in [1.54, 1.807) is 7.11 Å². The highest BCUT2D eigenvalue weighted by atomic mass is 16.5. The van der Waals surface area contributed by atoms with Crippen molar-refractivity contribution in [1.82, 2.24) is 10.3 Å². The Bertz CT molecular complexity index is 342. The molecule has 1 heterocycles. The fourth-order valence-electron chi connectivity index (χ4n) is 1.88. The van der Waals surface area contributed by atoms with Crippen LogP contribution >= 0.6 is 0 Å². The van der Waals surface area contributed by atoms with Gasteiger partial charge in [0.2, 0.25) is 0 Å². The summed E-state index contributed by atoms with van der Waals surface area (Å²) in [5.74, 6) is 1.06. The number of anilines is 1. The van der Waals surface area contributed by atoms with Crippen molar-refractivity contribution in [3.05, 3.63) is 23.9 Å². The van der Waals surface area contributed by atoms with E-state index in [-0.39, 0.29) is 0 Å². The Labute approximate surface area is 110 Å². The van der Waals surface area contributed by atoms with E-state index in [0.29, 0.717) is 6.04 Å². The molecule has 0 spiro atoms. The predicted molar refractivity (Wildman–Crippen MR) is 76.0 cm³/mol. The summed E-state index contributed by atoms with van der Waals surface area (Å²) in [6, 6.07) is 4.54. The lowest BCUT2D eigenvalue weighted by molar-refractivity contribution is 0.203. The molecule has 0 radical (unpaired) electrons. The molecule has 0 aliphatic rings. The third kappa shape index (κ3) is 4.27. The van der Waals surface area contributed by atoms with Gasteiger partial charge < -0.3 is 15.0 Å². The van der Waals surface area contributed by atoms with Crippen molar-refractivity contribution >= 4 is 5.82 Å². The lowest BCUT2D eigenvalue weighted by Gasteiger charge is -2.29. The van der Waals surface area contributed by atoms with Gasteiger partial charge >= 0.3 is 0 Å². The molecule has 4 heteroatoms. The number of nitrogens with zero attached hydrogens (tertiary/aromatic N) is 2. The molecule has 0 aliphatic carbocycles. The summed E-state index contributed by atoms with van der Waals surface area (Å²) in [6.07, 6.45) is 1.85. The minimum atomic E-state index is 0.412. The predicted octanol–water partition coefficient (Wildman–Crippen LogP) is 2.05. The normalized spacial score (nSPS) is 10.9. The first kappa shape index (κ1) is 14.9. The van der Waals surface area contributed by atoms with Gasteiger partial charge in [-0.3, -0.25) is 0 Å². The third-order valence-electron chi connectivity index (χ3n) is 2.86. The maximum Gasteiger partial charge on any atom is 0.133 e. The lowest BCUT2D eigenvalue weighted by atomic mass is 10.2. The van der Waals surface area contributed by atoms with Gasteiger partial charge in [0.15, 0.2) is 0 Å². The molecule has 0 aromatic carbocycles. The Morgan fingerprint density at radius 3 is 2.83 bits per heavy atom. The summed E-state index contributed by atoms with van der Waals surface area (Å²) in [5, 5.41) is 3.36. The van der Waals surface area contributed by atoms with E-state index in [4.69, 9.17) is 4.74 Å². The second-order valence-corrected chi connectivity index (χ2v) is 4.55. The average Bonchev–Trinajstić information content (AvgIpc) is 2.37. The summed E-state index contributed by atoms with van der Waals surface area (Å²) in [5.41, 5.74) is 1.24. The highest BCUT2D eigenvalue weighted by molar-refractivity contribution is 5.47. The van der Waals surface area contributed by atoms with Gasteiger partial charge in [-0.1, -0.05) is 13.0 Å². The van der Waals surface area contributed by atoms with E-state index < -0.39 is 0 Å². The molecule has 0 aliphatic heterocycles. The molecule has 0 unspecified atom stereocenters. The highest BCUT2D eigenvalue weighted by Gasteiger charge is 2.14. The van der Waals surface area contributed by atoms with Crippen molar-refractivity contribution in [2.75, 3.05) is 31.7 Å². The largest absolute Gasteiger partial charge is 0.383 e. The number of hydrogen-bond donors (Lipinski definition) is 1. The van der Waals surface area contributed by atoms with Gasteiger partial charge in [0, 0.05) is 38.0 Å². The number of methoxy groups -OCH3 is 1. The number of rotatable bonds is 8. The summed E-state index contributed by atoms with van der Waals surface area (Å²) >= 11 is 0. The van der Waals surface area contributed by atoms with Crippen LogP contribution in [0.3, 0.4) is 0 Å². The number of hydrogen-bond acceptors (Lipinski definition) is 4. The summed E-state index contributed by atoms with van der Waals surface area (Å²) in [7, 11) is 1.73. The number of nitrogens with one attached hydrogen (secondary N) is 1. The standard InChI is InChI=1S/C14H25N3O/c1-5-15-11-13-7-6-8-16-14(13)17(12(2)3)9-10-18-4/h6-8,12,15H,5,9-11H2,1-4H3. The molecule has 0 amide bonds. The van der Waals surface area contributed by atoms with E-state index in [0.717, 1.165) is 32.1 Å². The van der Waals surface area contributed by atoms with Crippen LogP contribution in [0.15, 0.2) is 18.3 Å². The van der Waals surface area contributed by atoms with Crippen LogP contribution in [0, 0.1) is 0 Å². The fraction of sp³-hybridized carbons (Fsp3) is 0.643. The first-order chi connectivity index (χ1) is 8.70. The van der Waals surface area contributed by atoms with Gasteiger partial charge in [-0.25, -0.2) is 4.98 Å². The molecule has 4 nitrogen and oxygen atoms in total. The van der Waals surface area contributed by atoms with Gasteiger partial charge in [0.05, 0.1) is 6.61 Å². The zero-order chi connectivity index (χ0) is 13.4. The van der Waals surface area contributed by atoms with Crippen molar-refractivity contribution in [2.24, 2.45) is 0 Å². The highest BCUT2D eigenvalue weighted by Crippen LogP contribution is 2.19. The van der Waals surface area contributed by atoms with Crippen LogP contribution in [-0.4, -0.2) is 37.8 Å². The summed E-state index contributed by atoms with van der Waals surface area (Å²) in [6.45, 7) is 9.88. The topological polar surface area (TPSA) is 37.4 Å². The fourth-order valence-corrected chi connectivity index (χ4v) is 1.88. The zero-order valence-electron chi connectivity index (χ0n) is 11.9. The SMILES string of the molecule is CCNCc1cccnc1N(CCOC)C(C)C. The molecule has 0 saturated carbocycles. The van der Waals surface area contributed by atoms with E-state index in [1.807, 2.05) is 12.3 Å².